The van der Waals surface area contributed by atoms with Crippen LogP contribution in [0.2, 0.25) is 0 Å². The van der Waals surface area contributed by atoms with Crippen molar-refractivity contribution in [2.24, 2.45) is 5.73 Å². The molecule has 0 saturated heterocycles. The number of nitrogens with one attached hydrogen (secondary N) is 1. The van der Waals surface area contributed by atoms with Gasteiger partial charge in [0.1, 0.15) is 0 Å². The summed E-state index contributed by atoms with van der Waals surface area (Å²) in [6, 6.07) is -0.286. The maximum Gasteiger partial charge on any atom is 0.312 e. The van der Waals surface area contributed by atoms with Crippen LogP contribution >= 0.6 is 0 Å². The summed E-state index contributed by atoms with van der Waals surface area (Å²) in [5.74, 6) is 0. The first-order valence-electron chi connectivity index (χ1n) is 3.73. The molecule has 0 aromatic heterocycles. The molecular weight excluding hydrogens is 142 g/mol. The molecule has 4 nitrogen and oxygen atoms in total. The van der Waals surface area contributed by atoms with Crippen molar-refractivity contribution in [1.82, 2.24) is 10.2 Å². The smallest absolute Gasteiger partial charge is 0.312 e. The zero-order chi connectivity index (χ0) is 8.85. The van der Waals surface area contributed by atoms with Gasteiger partial charge in [-0.3, -0.25) is 0 Å². The Morgan fingerprint density at radius 2 is 2.18 bits per heavy atom. The first-order valence-corrected chi connectivity index (χ1v) is 3.73. The molecule has 0 aliphatic carbocycles. The van der Waals surface area contributed by atoms with E-state index in [1.54, 1.807) is 0 Å². The highest BCUT2D eigenvalue weighted by molar-refractivity contribution is 5.71. The number of amides is 2. The molecule has 66 valence electrons. The molecule has 0 fully saturated rings. The van der Waals surface area contributed by atoms with Gasteiger partial charge in [0.15, 0.2) is 0 Å². The number of nitrogens with zero attached hydrogens (tertiary/aromatic N) is 1. The molecule has 0 spiro atoms. The maximum atomic E-state index is 10.4. The summed E-state index contributed by atoms with van der Waals surface area (Å²) in [7, 11) is 3.99. The second-order valence-corrected chi connectivity index (χ2v) is 3.00. The number of hydrogen-bond donors (Lipinski definition) is 2. The first-order chi connectivity index (χ1) is 5.02. The van der Waals surface area contributed by atoms with Gasteiger partial charge < -0.3 is 16.0 Å². The fourth-order valence-corrected chi connectivity index (χ4v) is 0.767. The number of urea groups is 1. The molecule has 0 radical (unpaired) electrons. The van der Waals surface area contributed by atoms with Crippen molar-refractivity contribution >= 4 is 6.03 Å². The normalized spacial score (nSPS) is 13.1. The molecule has 0 bridgehead atoms. The van der Waals surface area contributed by atoms with E-state index in [1.807, 2.05) is 21.0 Å². The molecule has 0 heterocycles. The summed E-state index contributed by atoms with van der Waals surface area (Å²) in [5, 5.41) is 2.61. The molecule has 1 atom stereocenters. The third kappa shape index (κ3) is 7.12. The van der Waals surface area contributed by atoms with Crippen LogP contribution in [0.5, 0.6) is 0 Å². The van der Waals surface area contributed by atoms with E-state index >= 15 is 0 Å². The van der Waals surface area contributed by atoms with Crippen molar-refractivity contribution in [3.05, 3.63) is 0 Å². The minimum atomic E-state index is -0.448. The number of carbonyl (C=O) groups excluding carboxylic acids is 1. The lowest BCUT2D eigenvalue weighted by atomic mass is 10.2. The third-order valence-corrected chi connectivity index (χ3v) is 1.40. The summed E-state index contributed by atoms with van der Waals surface area (Å²) < 4.78 is 0. The van der Waals surface area contributed by atoms with E-state index in [0.29, 0.717) is 0 Å². The predicted molar refractivity (Wildman–Crippen MR) is 45.4 cm³/mol. The Labute approximate surface area is 67.7 Å². The highest BCUT2D eigenvalue weighted by Gasteiger charge is 2.02. The van der Waals surface area contributed by atoms with E-state index in [-0.39, 0.29) is 6.04 Å². The van der Waals surface area contributed by atoms with Crippen molar-refractivity contribution in [2.45, 2.75) is 19.4 Å². The van der Waals surface area contributed by atoms with Crippen LogP contribution in [0.15, 0.2) is 0 Å². The molecule has 1 unspecified atom stereocenters. The zero-order valence-corrected chi connectivity index (χ0v) is 7.42. The number of primary amides is 1. The SMILES string of the molecule is CC(CCN(C)C)NC(N)=O. The van der Waals surface area contributed by atoms with Gasteiger partial charge in [0, 0.05) is 6.04 Å². The van der Waals surface area contributed by atoms with Gasteiger partial charge in [-0.05, 0) is 34.0 Å². The van der Waals surface area contributed by atoms with E-state index in [2.05, 4.69) is 10.2 Å². The van der Waals surface area contributed by atoms with Crippen molar-refractivity contribution in [3.63, 3.8) is 0 Å². The fourth-order valence-electron chi connectivity index (χ4n) is 0.767. The summed E-state index contributed by atoms with van der Waals surface area (Å²) in [5.41, 5.74) is 4.94. The minimum Gasteiger partial charge on any atom is -0.352 e. The van der Waals surface area contributed by atoms with E-state index in [0.717, 1.165) is 13.0 Å². The highest BCUT2D eigenvalue weighted by Crippen LogP contribution is 1.90. The Morgan fingerprint density at radius 3 is 2.55 bits per heavy atom. The van der Waals surface area contributed by atoms with Crippen molar-refractivity contribution in [1.29, 1.82) is 0 Å². The number of hydrogen-bond acceptors (Lipinski definition) is 2. The Balaban J connectivity index is 3.37. The molecule has 3 N–H and O–H groups in total. The number of carbonyl (C=O) groups is 1. The summed E-state index contributed by atoms with van der Waals surface area (Å²) >= 11 is 0. The average Bonchev–Trinajstić information content (AvgIpc) is 1.82. The van der Waals surface area contributed by atoms with Gasteiger partial charge in [0.25, 0.3) is 0 Å². The van der Waals surface area contributed by atoms with Crippen LogP contribution in [0.3, 0.4) is 0 Å². The summed E-state index contributed by atoms with van der Waals surface area (Å²) in [6.07, 6.45) is 0.927. The molecule has 0 rings (SSSR count). The first kappa shape index (κ1) is 10.2. The largest absolute Gasteiger partial charge is 0.352 e. The standard InChI is InChI=1S/C7H17N3O/c1-6(9-7(8)11)4-5-10(2)3/h6H,4-5H2,1-3H3,(H3,8,9,11). The summed E-state index contributed by atoms with van der Waals surface area (Å²) in [6.45, 7) is 2.90. The van der Waals surface area contributed by atoms with Gasteiger partial charge in [0.2, 0.25) is 0 Å². The van der Waals surface area contributed by atoms with Crippen LogP contribution in [0.4, 0.5) is 4.79 Å². The van der Waals surface area contributed by atoms with Gasteiger partial charge in [-0.1, -0.05) is 0 Å². The molecule has 0 aromatic carbocycles. The lowest BCUT2D eigenvalue weighted by Crippen LogP contribution is -2.38. The van der Waals surface area contributed by atoms with Gasteiger partial charge in [-0.25, -0.2) is 4.79 Å². The molecule has 11 heavy (non-hydrogen) atoms. The molecule has 0 aliphatic rings. The maximum absolute atomic E-state index is 10.4. The lowest BCUT2D eigenvalue weighted by molar-refractivity contribution is 0.244. The molecule has 2 amide bonds. The lowest BCUT2D eigenvalue weighted by Gasteiger charge is -2.14. The predicted octanol–water partition coefficient (Wildman–Crippen LogP) is -0.00510. The second-order valence-electron chi connectivity index (χ2n) is 3.00. The Hall–Kier alpha value is -0.770. The van der Waals surface area contributed by atoms with Crippen LogP contribution in [0, 0.1) is 0 Å². The van der Waals surface area contributed by atoms with Gasteiger partial charge in [0.05, 0.1) is 0 Å². The van der Waals surface area contributed by atoms with E-state index in [9.17, 15) is 4.79 Å². The number of nitrogens with two attached hydrogens (primary N) is 1. The van der Waals surface area contributed by atoms with Gasteiger partial charge in [-0.15, -0.1) is 0 Å². The molecule has 0 aromatic rings. The molecular formula is C7H17N3O. The summed E-state index contributed by atoms with van der Waals surface area (Å²) in [4.78, 5) is 12.4. The topological polar surface area (TPSA) is 58.4 Å². The third-order valence-electron chi connectivity index (χ3n) is 1.40. The van der Waals surface area contributed by atoms with Crippen molar-refractivity contribution in [2.75, 3.05) is 20.6 Å². The molecule has 0 aliphatic heterocycles. The average molecular weight is 159 g/mol. The van der Waals surface area contributed by atoms with Crippen LogP contribution in [0.1, 0.15) is 13.3 Å². The highest BCUT2D eigenvalue weighted by atomic mass is 16.2. The van der Waals surface area contributed by atoms with Crippen molar-refractivity contribution in [3.8, 4) is 0 Å². The van der Waals surface area contributed by atoms with E-state index in [4.69, 9.17) is 5.73 Å². The van der Waals surface area contributed by atoms with Crippen LogP contribution in [0.25, 0.3) is 0 Å². The molecule has 4 heteroatoms. The van der Waals surface area contributed by atoms with Crippen LogP contribution in [-0.2, 0) is 0 Å². The monoisotopic (exact) mass is 159 g/mol. The van der Waals surface area contributed by atoms with E-state index < -0.39 is 6.03 Å². The van der Waals surface area contributed by atoms with Crippen molar-refractivity contribution < 1.29 is 4.79 Å². The molecule has 0 saturated carbocycles. The Morgan fingerprint density at radius 1 is 1.64 bits per heavy atom. The Bertz CT molecular complexity index is 125. The van der Waals surface area contributed by atoms with Gasteiger partial charge >= 0.3 is 6.03 Å². The van der Waals surface area contributed by atoms with Crippen LogP contribution < -0.4 is 11.1 Å². The fraction of sp³-hybridized carbons (Fsp3) is 0.857. The zero-order valence-electron chi connectivity index (χ0n) is 7.42. The second kappa shape index (κ2) is 4.96. The van der Waals surface area contributed by atoms with E-state index in [1.165, 1.54) is 0 Å². The Kier molecular flexibility index (Phi) is 4.61. The van der Waals surface area contributed by atoms with Crippen LogP contribution in [-0.4, -0.2) is 37.6 Å². The quantitative estimate of drug-likeness (QED) is 0.606. The van der Waals surface area contributed by atoms with Gasteiger partial charge in [-0.2, -0.15) is 0 Å². The minimum absolute atomic E-state index is 0.162. The number of rotatable bonds is 4.